The Morgan fingerprint density at radius 3 is 2.50 bits per heavy atom. The maximum atomic E-state index is 13.6. The number of thiazole rings is 1. The molecule has 0 saturated carbocycles. The van der Waals surface area contributed by atoms with Crippen LogP contribution in [0.5, 0.6) is 0 Å². The molecule has 3 heterocycles. The van der Waals surface area contributed by atoms with Gasteiger partial charge in [-0.1, -0.05) is 26.0 Å². The van der Waals surface area contributed by atoms with Crippen LogP contribution < -0.4 is 0 Å². The third-order valence-electron chi connectivity index (χ3n) is 5.47. The second-order valence-electron chi connectivity index (χ2n) is 8.28. The third-order valence-corrected chi connectivity index (χ3v) is 6.67. The summed E-state index contributed by atoms with van der Waals surface area (Å²) in [5, 5.41) is 6.23. The summed E-state index contributed by atoms with van der Waals surface area (Å²) in [7, 11) is 1.84. The largest absolute Gasteiger partial charge is 0.332 e. The summed E-state index contributed by atoms with van der Waals surface area (Å²) < 4.78 is 3.02. The van der Waals surface area contributed by atoms with E-state index in [-0.39, 0.29) is 23.9 Å². The number of para-hydroxylation sites is 1. The standard InChI is InChI=1S/C23H27N5OS/c1-13(2)19-11-16(17-12-24-28(14(3)4)21(17)25-19)23(29)27(6)15(5)22-26-18-9-7-8-10-20(18)30-22/h7-15H,1-6H3. The Kier molecular flexibility index (Phi) is 5.32. The van der Waals surface area contributed by atoms with E-state index in [9.17, 15) is 4.79 Å². The smallest absolute Gasteiger partial charge is 0.255 e. The molecule has 0 bridgehead atoms. The molecule has 1 atom stereocenters. The van der Waals surface area contributed by atoms with Crippen LogP contribution in [0.2, 0.25) is 0 Å². The molecule has 0 aliphatic rings. The van der Waals surface area contributed by atoms with Crippen LogP contribution in [0, 0.1) is 0 Å². The normalized spacial score (nSPS) is 12.9. The van der Waals surface area contributed by atoms with Crippen molar-refractivity contribution >= 4 is 38.5 Å². The van der Waals surface area contributed by atoms with Crippen LogP contribution in [0.25, 0.3) is 21.3 Å². The Bertz CT molecular complexity index is 1190. The van der Waals surface area contributed by atoms with Crippen LogP contribution in [-0.4, -0.2) is 37.6 Å². The zero-order valence-corrected chi connectivity index (χ0v) is 19.1. The van der Waals surface area contributed by atoms with Gasteiger partial charge in [-0.25, -0.2) is 14.6 Å². The number of carbonyl (C=O) groups is 1. The van der Waals surface area contributed by atoms with Crippen LogP contribution in [0.4, 0.5) is 0 Å². The molecule has 156 valence electrons. The molecule has 7 heteroatoms. The summed E-state index contributed by atoms with van der Waals surface area (Å²) in [4.78, 5) is 24.9. The highest BCUT2D eigenvalue weighted by Crippen LogP contribution is 2.31. The molecule has 0 radical (unpaired) electrons. The molecule has 4 rings (SSSR count). The number of nitrogens with zero attached hydrogens (tertiary/aromatic N) is 5. The number of aromatic nitrogens is 4. The summed E-state index contributed by atoms with van der Waals surface area (Å²) in [5.41, 5.74) is 3.28. The predicted octanol–water partition coefficient (Wildman–Crippen LogP) is 5.58. The Hall–Kier alpha value is -2.80. The van der Waals surface area contributed by atoms with E-state index in [1.807, 2.05) is 42.9 Å². The lowest BCUT2D eigenvalue weighted by Gasteiger charge is -2.24. The third kappa shape index (κ3) is 3.47. The van der Waals surface area contributed by atoms with Gasteiger partial charge in [0.05, 0.1) is 33.4 Å². The van der Waals surface area contributed by atoms with E-state index in [4.69, 9.17) is 9.97 Å². The molecular weight excluding hydrogens is 394 g/mol. The molecule has 3 aromatic heterocycles. The first-order valence-electron chi connectivity index (χ1n) is 10.3. The molecule has 1 unspecified atom stereocenters. The summed E-state index contributed by atoms with van der Waals surface area (Å²) in [6.45, 7) is 10.3. The topological polar surface area (TPSA) is 63.9 Å². The van der Waals surface area contributed by atoms with Gasteiger partial charge in [0.25, 0.3) is 5.91 Å². The summed E-state index contributed by atoms with van der Waals surface area (Å²) in [5.74, 6) is 0.169. The highest BCUT2D eigenvalue weighted by Gasteiger charge is 2.26. The van der Waals surface area contributed by atoms with Crippen LogP contribution >= 0.6 is 11.3 Å². The van der Waals surface area contributed by atoms with E-state index < -0.39 is 0 Å². The first-order chi connectivity index (χ1) is 14.3. The fraction of sp³-hybridized carbons (Fsp3) is 0.391. The fourth-order valence-corrected chi connectivity index (χ4v) is 4.55. The summed E-state index contributed by atoms with van der Waals surface area (Å²) in [6, 6.07) is 10.0. The molecule has 6 nitrogen and oxygen atoms in total. The van der Waals surface area contributed by atoms with Crippen molar-refractivity contribution in [1.82, 2.24) is 24.6 Å². The van der Waals surface area contributed by atoms with Gasteiger partial charge in [0.2, 0.25) is 0 Å². The quantitative estimate of drug-likeness (QED) is 0.422. The van der Waals surface area contributed by atoms with Crippen LogP contribution in [0.3, 0.4) is 0 Å². The van der Waals surface area contributed by atoms with Gasteiger partial charge in [-0.05, 0) is 44.9 Å². The number of benzene rings is 1. The number of fused-ring (bicyclic) bond motifs is 2. The molecule has 0 aliphatic heterocycles. The van der Waals surface area contributed by atoms with Crippen molar-refractivity contribution in [2.24, 2.45) is 0 Å². The van der Waals surface area contributed by atoms with Gasteiger partial charge in [-0.2, -0.15) is 5.10 Å². The fourth-order valence-electron chi connectivity index (χ4n) is 3.49. The minimum atomic E-state index is -0.138. The minimum Gasteiger partial charge on any atom is -0.332 e. The SMILES string of the molecule is CC(C)c1cc(C(=O)N(C)C(C)c2nc3ccccc3s2)c2cnn(C(C)C)c2n1. The Balaban J connectivity index is 1.75. The van der Waals surface area contributed by atoms with E-state index in [2.05, 4.69) is 38.9 Å². The average Bonchev–Trinajstić information content (AvgIpc) is 3.35. The van der Waals surface area contributed by atoms with E-state index in [1.165, 1.54) is 0 Å². The Morgan fingerprint density at radius 1 is 1.10 bits per heavy atom. The monoisotopic (exact) mass is 421 g/mol. The molecule has 1 aromatic carbocycles. The van der Waals surface area contributed by atoms with Gasteiger partial charge < -0.3 is 4.90 Å². The molecule has 1 amide bonds. The Labute approximate surface area is 180 Å². The second-order valence-corrected chi connectivity index (χ2v) is 9.34. The van der Waals surface area contributed by atoms with E-state index in [1.54, 1.807) is 22.4 Å². The maximum absolute atomic E-state index is 13.6. The molecule has 30 heavy (non-hydrogen) atoms. The van der Waals surface area contributed by atoms with Crippen LogP contribution in [-0.2, 0) is 0 Å². The average molecular weight is 422 g/mol. The molecule has 0 aliphatic carbocycles. The first kappa shape index (κ1) is 20.5. The van der Waals surface area contributed by atoms with E-state index >= 15 is 0 Å². The number of rotatable bonds is 5. The number of hydrogen-bond acceptors (Lipinski definition) is 5. The molecule has 0 N–H and O–H groups in total. The number of carbonyl (C=O) groups excluding carboxylic acids is 1. The second kappa shape index (κ2) is 7.80. The highest BCUT2D eigenvalue weighted by molar-refractivity contribution is 7.18. The summed E-state index contributed by atoms with van der Waals surface area (Å²) >= 11 is 1.63. The van der Waals surface area contributed by atoms with Crippen molar-refractivity contribution in [2.75, 3.05) is 7.05 Å². The lowest BCUT2D eigenvalue weighted by Crippen LogP contribution is -2.30. The van der Waals surface area contributed by atoms with Gasteiger partial charge >= 0.3 is 0 Å². The number of hydrogen-bond donors (Lipinski definition) is 0. The van der Waals surface area contributed by atoms with E-state index in [0.29, 0.717) is 5.56 Å². The molecular formula is C23H27N5OS. The molecule has 0 saturated heterocycles. The zero-order valence-electron chi connectivity index (χ0n) is 18.2. The number of pyridine rings is 1. The maximum Gasteiger partial charge on any atom is 0.255 e. The predicted molar refractivity (Wildman–Crippen MR) is 122 cm³/mol. The van der Waals surface area contributed by atoms with Crippen molar-refractivity contribution in [3.05, 3.63) is 52.8 Å². The lowest BCUT2D eigenvalue weighted by molar-refractivity contribution is 0.0744. The summed E-state index contributed by atoms with van der Waals surface area (Å²) in [6.07, 6.45) is 1.76. The van der Waals surface area contributed by atoms with Crippen molar-refractivity contribution in [3.8, 4) is 0 Å². The molecule has 4 aromatic rings. The van der Waals surface area contributed by atoms with E-state index in [0.717, 1.165) is 32.0 Å². The van der Waals surface area contributed by atoms with Gasteiger partial charge in [0, 0.05) is 18.8 Å². The van der Waals surface area contributed by atoms with Gasteiger partial charge in [-0.15, -0.1) is 11.3 Å². The zero-order chi connectivity index (χ0) is 21.6. The Morgan fingerprint density at radius 2 is 1.83 bits per heavy atom. The lowest BCUT2D eigenvalue weighted by atomic mass is 10.0. The van der Waals surface area contributed by atoms with Gasteiger partial charge in [0.15, 0.2) is 5.65 Å². The molecule has 0 fully saturated rings. The van der Waals surface area contributed by atoms with Crippen LogP contribution in [0.1, 0.15) is 73.7 Å². The first-order valence-corrected chi connectivity index (χ1v) is 11.1. The van der Waals surface area contributed by atoms with Crippen molar-refractivity contribution in [3.63, 3.8) is 0 Å². The number of amides is 1. The van der Waals surface area contributed by atoms with Crippen molar-refractivity contribution in [2.45, 2.75) is 52.6 Å². The van der Waals surface area contributed by atoms with Crippen LogP contribution in [0.15, 0.2) is 36.5 Å². The highest BCUT2D eigenvalue weighted by atomic mass is 32.1. The van der Waals surface area contributed by atoms with Gasteiger partial charge in [0.1, 0.15) is 5.01 Å². The van der Waals surface area contributed by atoms with Crippen molar-refractivity contribution < 1.29 is 4.79 Å². The molecule has 0 spiro atoms. The minimum absolute atomic E-state index is 0.0423. The van der Waals surface area contributed by atoms with Gasteiger partial charge in [-0.3, -0.25) is 4.79 Å². The van der Waals surface area contributed by atoms with Crippen molar-refractivity contribution in [1.29, 1.82) is 0 Å².